The molecule has 0 atom stereocenters. The second-order valence-corrected chi connectivity index (χ2v) is 9.93. The number of anilines is 1. The summed E-state index contributed by atoms with van der Waals surface area (Å²) in [5.41, 5.74) is 4.26. The summed E-state index contributed by atoms with van der Waals surface area (Å²) in [6.45, 7) is 6.61. The van der Waals surface area contributed by atoms with Crippen LogP contribution in [0.2, 0.25) is 0 Å². The van der Waals surface area contributed by atoms with Crippen molar-refractivity contribution in [3.8, 4) is 0 Å². The Labute approximate surface area is 204 Å². The van der Waals surface area contributed by atoms with Gasteiger partial charge in [0, 0.05) is 24.7 Å². The van der Waals surface area contributed by atoms with E-state index in [0.29, 0.717) is 19.5 Å². The van der Waals surface area contributed by atoms with Crippen LogP contribution in [0, 0.1) is 12.8 Å². The van der Waals surface area contributed by atoms with Crippen LogP contribution < -0.4 is 10.2 Å². The predicted octanol–water partition coefficient (Wildman–Crippen LogP) is 4.86. The number of rotatable bonds is 9. The maximum atomic E-state index is 13.4. The Bertz CT molecular complexity index is 944. The van der Waals surface area contributed by atoms with E-state index in [1.165, 1.54) is 30.4 Å². The minimum atomic E-state index is 0.0588. The van der Waals surface area contributed by atoms with Crippen molar-refractivity contribution in [2.75, 3.05) is 31.1 Å². The number of hydrogen-bond acceptors (Lipinski definition) is 3. The molecule has 2 aromatic rings. The monoisotopic (exact) mass is 461 g/mol. The maximum absolute atomic E-state index is 13.4. The fourth-order valence-corrected chi connectivity index (χ4v) is 5.23. The van der Waals surface area contributed by atoms with E-state index in [0.717, 1.165) is 56.6 Å². The summed E-state index contributed by atoms with van der Waals surface area (Å²) in [5.74, 6) is 0.405. The number of benzene rings is 2. The van der Waals surface area contributed by atoms with Crippen LogP contribution in [0.3, 0.4) is 0 Å². The van der Waals surface area contributed by atoms with Gasteiger partial charge in [-0.1, -0.05) is 55.7 Å². The van der Waals surface area contributed by atoms with E-state index in [1.807, 2.05) is 41.3 Å². The van der Waals surface area contributed by atoms with Crippen LogP contribution in [0.1, 0.15) is 61.6 Å². The summed E-state index contributed by atoms with van der Waals surface area (Å²) < 4.78 is 0. The first-order valence-corrected chi connectivity index (χ1v) is 13.0. The summed E-state index contributed by atoms with van der Waals surface area (Å²) in [7, 11) is 0. The average Bonchev–Trinajstić information content (AvgIpc) is 3.40. The molecule has 0 unspecified atom stereocenters. The van der Waals surface area contributed by atoms with Gasteiger partial charge in [-0.05, 0) is 74.5 Å². The maximum Gasteiger partial charge on any atom is 0.230 e. The first-order chi connectivity index (χ1) is 16.6. The summed E-state index contributed by atoms with van der Waals surface area (Å²) >= 11 is 0. The molecule has 0 spiro atoms. The molecule has 1 aliphatic heterocycles. The quantitative estimate of drug-likeness (QED) is 0.580. The third-order valence-electron chi connectivity index (χ3n) is 7.37. The SMILES string of the molecule is Cc1ccccc1CN(C(=O)C1CCCC1)c1ccc(CC(=O)NCCN2CCCCC2)cc1. The van der Waals surface area contributed by atoms with Gasteiger partial charge in [-0.2, -0.15) is 0 Å². The van der Waals surface area contributed by atoms with Crippen LogP contribution in [0.5, 0.6) is 0 Å². The number of likely N-dealkylation sites (tertiary alicyclic amines) is 1. The van der Waals surface area contributed by atoms with Gasteiger partial charge in [0.25, 0.3) is 0 Å². The van der Waals surface area contributed by atoms with E-state index in [4.69, 9.17) is 0 Å². The molecule has 1 N–H and O–H groups in total. The van der Waals surface area contributed by atoms with Crippen molar-refractivity contribution in [1.29, 1.82) is 0 Å². The van der Waals surface area contributed by atoms with Crippen molar-refractivity contribution in [2.45, 2.75) is 64.8 Å². The molecule has 2 aliphatic rings. The largest absolute Gasteiger partial charge is 0.355 e. The molecular formula is C29H39N3O2. The molecule has 2 amide bonds. The van der Waals surface area contributed by atoms with E-state index in [-0.39, 0.29) is 17.7 Å². The zero-order valence-electron chi connectivity index (χ0n) is 20.6. The number of piperidine rings is 1. The molecular weight excluding hydrogens is 422 g/mol. The van der Waals surface area contributed by atoms with Crippen LogP contribution >= 0.6 is 0 Å². The normalized spacial score (nSPS) is 17.0. The first-order valence-electron chi connectivity index (χ1n) is 13.0. The van der Waals surface area contributed by atoms with Gasteiger partial charge in [0.15, 0.2) is 0 Å². The zero-order valence-corrected chi connectivity index (χ0v) is 20.6. The molecule has 0 bridgehead atoms. The molecule has 2 aromatic carbocycles. The molecule has 5 heteroatoms. The smallest absolute Gasteiger partial charge is 0.230 e. The van der Waals surface area contributed by atoms with E-state index < -0.39 is 0 Å². The molecule has 5 nitrogen and oxygen atoms in total. The van der Waals surface area contributed by atoms with Crippen LogP contribution in [0.4, 0.5) is 5.69 Å². The minimum Gasteiger partial charge on any atom is -0.355 e. The number of nitrogens with one attached hydrogen (secondary N) is 1. The van der Waals surface area contributed by atoms with Gasteiger partial charge in [-0.25, -0.2) is 0 Å². The molecule has 182 valence electrons. The first kappa shape index (κ1) is 24.5. The van der Waals surface area contributed by atoms with E-state index in [9.17, 15) is 9.59 Å². The van der Waals surface area contributed by atoms with Crippen molar-refractivity contribution in [1.82, 2.24) is 10.2 Å². The average molecular weight is 462 g/mol. The third kappa shape index (κ3) is 6.69. The lowest BCUT2D eigenvalue weighted by Crippen LogP contribution is -2.38. The standard InChI is InChI=1S/C29H39N3O2/c1-23-9-3-4-12-26(23)22-32(29(34)25-10-5-6-11-25)27-15-13-24(14-16-27)21-28(33)30-17-20-31-18-7-2-8-19-31/h3-4,9,12-16,25H,2,5-8,10-11,17-22H2,1H3,(H,30,33). The highest BCUT2D eigenvalue weighted by atomic mass is 16.2. The Hall–Kier alpha value is -2.66. The zero-order chi connectivity index (χ0) is 23.8. The van der Waals surface area contributed by atoms with Gasteiger partial charge in [-0.3, -0.25) is 9.59 Å². The summed E-state index contributed by atoms with van der Waals surface area (Å²) in [5, 5.41) is 3.06. The Balaban J connectivity index is 1.37. The highest BCUT2D eigenvalue weighted by Gasteiger charge is 2.28. The predicted molar refractivity (Wildman–Crippen MR) is 138 cm³/mol. The fourth-order valence-electron chi connectivity index (χ4n) is 5.23. The molecule has 1 heterocycles. The minimum absolute atomic E-state index is 0.0588. The molecule has 0 aromatic heterocycles. The lowest BCUT2D eigenvalue weighted by atomic mass is 10.0. The Kier molecular flexibility index (Phi) is 8.75. The van der Waals surface area contributed by atoms with Crippen molar-refractivity contribution >= 4 is 17.5 Å². The highest BCUT2D eigenvalue weighted by Crippen LogP contribution is 2.30. The number of carbonyl (C=O) groups is 2. The molecule has 34 heavy (non-hydrogen) atoms. The summed E-state index contributed by atoms with van der Waals surface area (Å²) in [4.78, 5) is 30.2. The van der Waals surface area contributed by atoms with Gasteiger partial charge < -0.3 is 15.1 Å². The van der Waals surface area contributed by atoms with Crippen molar-refractivity contribution < 1.29 is 9.59 Å². The van der Waals surface area contributed by atoms with E-state index in [2.05, 4.69) is 29.3 Å². The molecule has 1 aliphatic carbocycles. The van der Waals surface area contributed by atoms with E-state index in [1.54, 1.807) is 0 Å². The Morgan fingerprint density at radius 3 is 2.35 bits per heavy atom. The molecule has 4 rings (SSSR count). The van der Waals surface area contributed by atoms with Gasteiger partial charge >= 0.3 is 0 Å². The van der Waals surface area contributed by atoms with Crippen molar-refractivity contribution in [3.63, 3.8) is 0 Å². The van der Waals surface area contributed by atoms with Crippen LogP contribution in [0.15, 0.2) is 48.5 Å². The second-order valence-electron chi connectivity index (χ2n) is 9.93. The van der Waals surface area contributed by atoms with Gasteiger partial charge in [0.2, 0.25) is 11.8 Å². The van der Waals surface area contributed by atoms with E-state index >= 15 is 0 Å². The number of aryl methyl sites for hydroxylation is 1. The third-order valence-corrected chi connectivity index (χ3v) is 7.37. The highest BCUT2D eigenvalue weighted by molar-refractivity contribution is 5.95. The van der Waals surface area contributed by atoms with Crippen LogP contribution in [0.25, 0.3) is 0 Å². The van der Waals surface area contributed by atoms with Crippen molar-refractivity contribution in [2.24, 2.45) is 5.92 Å². The molecule has 2 fully saturated rings. The van der Waals surface area contributed by atoms with Gasteiger partial charge in [0.05, 0.1) is 13.0 Å². The lowest BCUT2D eigenvalue weighted by molar-refractivity contribution is -0.122. The molecule has 0 radical (unpaired) electrons. The van der Waals surface area contributed by atoms with Crippen LogP contribution in [-0.4, -0.2) is 42.9 Å². The number of amides is 2. The van der Waals surface area contributed by atoms with Crippen molar-refractivity contribution in [3.05, 3.63) is 65.2 Å². The van der Waals surface area contributed by atoms with Gasteiger partial charge in [-0.15, -0.1) is 0 Å². The van der Waals surface area contributed by atoms with Crippen LogP contribution in [-0.2, 0) is 22.6 Å². The summed E-state index contributed by atoms with van der Waals surface area (Å²) in [6.07, 6.45) is 8.48. The number of nitrogens with zero attached hydrogens (tertiary/aromatic N) is 2. The fraction of sp³-hybridized carbons (Fsp3) is 0.517. The second kappa shape index (κ2) is 12.2. The Morgan fingerprint density at radius 1 is 0.941 bits per heavy atom. The number of carbonyl (C=O) groups excluding carboxylic acids is 2. The topological polar surface area (TPSA) is 52.7 Å². The Morgan fingerprint density at radius 2 is 1.65 bits per heavy atom. The number of hydrogen-bond donors (Lipinski definition) is 1. The molecule has 1 saturated heterocycles. The molecule has 1 saturated carbocycles. The lowest BCUT2D eigenvalue weighted by Gasteiger charge is -2.27. The summed E-state index contributed by atoms with van der Waals surface area (Å²) in [6, 6.07) is 16.3. The van der Waals surface area contributed by atoms with Gasteiger partial charge in [0.1, 0.15) is 0 Å².